The average Bonchev–Trinajstić information content (AvgIpc) is 0.701. The van der Waals surface area contributed by atoms with Gasteiger partial charge in [-0.2, -0.15) is 13.7 Å². The summed E-state index contributed by atoms with van der Waals surface area (Å²) in [7, 11) is 11.8. The third kappa shape index (κ3) is 14.4. The molecule has 2 amide bonds. The Bertz CT molecular complexity index is 6390. The number of aromatic nitrogens is 3. The van der Waals surface area contributed by atoms with Gasteiger partial charge in [0.1, 0.15) is 35.1 Å². The number of amides is 2. The Morgan fingerprint density at radius 3 is 1.68 bits per heavy atom. The van der Waals surface area contributed by atoms with Crippen LogP contribution in [-0.2, 0) is 13.1 Å². The molecule has 1 aliphatic carbocycles. The maximum absolute atomic E-state index is 15.7. The maximum atomic E-state index is 15.7. The summed E-state index contributed by atoms with van der Waals surface area (Å²) in [6.07, 6.45) is 16.3. The van der Waals surface area contributed by atoms with Crippen LogP contribution in [0.4, 0.5) is 22.7 Å². The minimum atomic E-state index is -1.33. The number of carbonyl (C=O) groups is 5. The van der Waals surface area contributed by atoms with Crippen LogP contribution in [0.15, 0.2) is 226 Å². The van der Waals surface area contributed by atoms with E-state index in [1.165, 1.54) is 60.3 Å². The van der Waals surface area contributed by atoms with Crippen molar-refractivity contribution in [3.8, 4) is 56.8 Å². The molecule has 7 aromatic carbocycles. The van der Waals surface area contributed by atoms with Gasteiger partial charge in [0.15, 0.2) is 58.6 Å². The lowest BCUT2D eigenvalue weighted by Gasteiger charge is -2.43. The lowest BCUT2D eigenvalue weighted by molar-refractivity contribution is -0.637. The number of hydrogen-bond donors (Lipinski definition) is 6. The van der Waals surface area contributed by atoms with Gasteiger partial charge in [0.25, 0.3) is 17.5 Å². The lowest BCUT2D eigenvalue weighted by Crippen LogP contribution is -2.49. The van der Waals surface area contributed by atoms with E-state index in [4.69, 9.17) is 9.15 Å². The molecule has 0 fully saturated rings. The summed E-state index contributed by atoms with van der Waals surface area (Å²) in [5.41, 5.74) is 11.3. The first kappa shape index (κ1) is 78.6. The van der Waals surface area contributed by atoms with Gasteiger partial charge in [-0.15, -0.1) is 0 Å². The number of phenols is 1. The minimum absolute atomic E-state index is 0.00788. The van der Waals surface area contributed by atoms with Crippen molar-refractivity contribution in [3.05, 3.63) is 289 Å². The number of ether oxygens (including phenoxy) is 1. The second kappa shape index (κ2) is 30.6. The number of nitrogens with zero attached hydrogens (tertiary/aromatic N) is 8. The highest BCUT2D eigenvalue weighted by Gasteiger charge is 2.47. The molecule has 23 heteroatoms. The molecule has 0 unspecified atom stereocenters. The summed E-state index contributed by atoms with van der Waals surface area (Å²) in [6.45, 7) is 18.6. The van der Waals surface area contributed by atoms with Crippen molar-refractivity contribution in [3.63, 3.8) is 0 Å². The van der Waals surface area contributed by atoms with Crippen LogP contribution in [0.1, 0.15) is 141 Å². The third-order valence-corrected chi connectivity index (χ3v) is 23.4. The molecule has 15 rings (SSSR count). The number of aromatic carboxylic acids is 3. The highest BCUT2D eigenvalue weighted by Crippen LogP contribution is 2.51. The van der Waals surface area contributed by atoms with E-state index in [0.29, 0.717) is 85.0 Å². The van der Waals surface area contributed by atoms with E-state index in [0.717, 1.165) is 55.3 Å². The smallest absolute Gasteiger partial charge is 0.343 e. The van der Waals surface area contributed by atoms with Crippen LogP contribution in [0.5, 0.6) is 17.2 Å². The molecule has 4 aliphatic heterocycles. The number of carbonyl (C=O) groups excluding carboxylic acids is 2. The number of nitrogens with one attached hydrogen (secondary N) is 2. The number of allylic oxidation sites excluding steroid dienone is 2. The predicted molar refractivity (Wildman–Crippen MR) is 455 cm³/mol. The second-order valence-electron chi connectivity index (χ2n) is 31.3. The molecule has 0 saturated carbocycles. The van der Waals surface area contributed by atoms with Gasteiger partial charge < -0.3 is 59.8 Å². The first-order valence-electron chi connectivity index (χ1n) is 38.5. The Labute approximate surface area is 680 Å². The number of carboxylic acids is 3. The Balaban J connectivity index is 0.837. The molecule has 0 radical (unpaired) electrons. The summed E-state index contributed by atoms with van der Waals surface area (Å²) in [5.74, 6) is -3.81. The standard InChI is InChI=1S/C94H86N10O12S/c1-15-103-73-47-77-70(45-67(73)53(3)49-93(103,5)6)80(71-46-68-54(4)50-94(7,8)104(16-2)74(68)48-78(71)115-77)81-82(92(113)114)83(100-37-31-59(32-38-100)97(9)10)85(102-41-35-61(36-42-102)99(13)14)87(84(81)101-39-33-60(34-40-101)98(11)12)117-63-25-21-57(22-26-63)88(107)95-51-55-17-19-56(20-18-55)89(108)96-52-72-75(106)30-29-66-79(65-28-24-62(105)44-76(65)116-86(66)72)69-43-58(90(109)110)23-27-64(69)91(111)112/h17-50H,15-16,51-52H2,1-14H3,(H2-4,95,96,105,106,107,108,109,110,111,112,113,114)/p+4. The number of pyridine rings is 3. The van der Waals surface area contributed by atoms with E-state index in [1.807, 2.05) is 156 Å². The fourth-order valence-electron chi connectivity index (χ4n) is 16.7. The number of phenolic OH excluding ortho intramolecular Hbond substituents is 1. The van der Waals surface area contributed by atoms with Gasteiger partial charge in [0.2, 0.25) is 11.0 Å². The van der Waals surface area contributed by atoms with Gasteiger partial charge in [-0.3, -0.25) is 14.4 Å². The van der Waals surface area contributed by atoms with Crippen LogP contribution in [0.3, 0.4) is 0 Å². The van der Waals surface area contributed by atoms with Crippen molar-refractivity contribution in [1.29, 1.82) is 0 Å². The van der Waals surface area contributed by atoms with E-state index in [-0.39, 0.29) is 91.7 Å². The second-order valence-corrected chi connectivity index (χ2v) is 32.4. The normalized spacial score (nSPS) is 13.6. The zero-order valence-electron chi connectivity index (χ0n) is 67.5. The number of carboxylic acid groups (broad SMARTS) is 3. The molecular formula is C94H90N10O12S+4. The number of benzene rings is 8. The van der Waals surface area contributed by atoms with Crippen LogP contribution < -0.4 is 69.3 Å². The van der Waals surface area contributed by atoms with E-state index in [1.54, 1.807) is 36.4 Å². The van der Waals surface area contributed by atoms with Crippen LogP contribution in [0, 0.1) is 0 Å². The molecule has 6 N–H and O–H groups in total. The van der Waals surface area contributed by atoms with Crippen molar-refractivity contribution in [2.45, 2.75) is 89.3 Å². The van der Waals surface area contributed by atoms with Crippen molar-refractivity contribution < 1.29 is 67.3 Å². The highest BCUT2D eigenvalue weighted by molar-refractivity contribution is 7.99. The van der Waals surface area contributed by atoms with Gasteiger partial charge in [-0.1, -0.05) is 30.0 Å². The monoisotopic (exact) mass is 1580 g/mol. The van der Waals surface area contributed by atoms with E-state index in [9.17, 15) is 44.4 Å². The molecule has 0 saturated heterocycles. The fraction of sp³-hybridized carbons (Fsp3) is 0.213. The van der Waals surface area contributed by atoms with Crippen molar-refractivity contribution in [2.24, 2.45) is 0 Å². The predicted octanol–water partition coefficient (Wildman–Crippen LogP) is 13.5. The molecule has 117 heavy (non-hydrogen) atoms. The molecular weight excluding hydrogens is 1490 g/mol. The van der Waals surface area contributed by atoms with Gasteiger partial charge in [-0.25, -0.2) is 19.0 Å². The number of aromatic hydroxyl groups is 1. The summed E-state index contributed by atoms with van der Waals surface area (Å²) in [6, 6.07) is 45.1. The van der Waals surface area contributed by atoms with Gasteiger partial charge in [0, 0.05) is 201 Å². The molecule has 0 bridgehead atoms. The maximum Gasteiger partial charge on any atom is 0.343 e. The first-order valence-corrected chi connectivity index (χ1v) is 39.3. The Kier molecular flexibility index (Phi) is 20.6. The van der Waals surface area contributed by atoms with E-state index < -0.39 is 29.2 Å². The van der Waals surface area contributed by atoms with Crippen molar-refractivity contribution >= 4 is 91.9 Å². The number of rotatable bonds is 21. The van der Waals surface area contributed by atoms with Crippen LogP contribution >= 0.6 is 11.8 Å². The Morgan fingerprint density at radius 2 is 1.11 bits per heavy atom. The summed E-state index contributed by atoms with van der Waals surface area (Å²) < 4.78 is 22.0. The first-order chi connectivity index (χ1) is 55.8. The van der Waals surface area contributed by atoms with Crippen molar-refractivity contribution in [2.75, 3.05) is 75.0 Å². The topological polar surface area (TPSA) is 257 Å². The minimum Gasteiger partial charge on any atom is -0.508 e. The number of hydrogen-bond acceptors (Lipinski definition) is 14. The average molecular weight is 1580 g/mol. The SMILES string of the molecule is CCN1c2cc3c(cc2C(C)=CC1(C)C)C(c1c(C(=O)O)c(-[n+]2ccc(N(C)C)cc2)c(-[n+]2ccc(N(C)C)cc2)c(Sc2ccc(C(=O)NCc4ccc(C(=O)NCc5c6oc7cc(O)ccc7c(-c7cc(C(=O)O)ccc7C(=O)O)c-6ccc5=O)cc4)cc2)c1-[n+]1ccc(N(C)C)cc1)=c1cc2c(cc1O3)=[N+](CC)C(C)(C)C=C2C. The van der Waals surface area contributed by atoms with Crippen molar-refractivity contribution in [1.82, 2.24) is 15.2 Å². The largest absolute Gasteiger partial charge is 0.508 e. The van der Waals surface area contributed by atoms with Crippen LogP contribution in [-0.4, -0.2) is 117 Å². The summed E-state index contributed by atoms with van der Waals surface area (Å²) >= 11 is 1.44. The summed E-state index contributed by atoms with van der Waals surface area (Å²) in [4.78, 5) is 92.6. The van der Waals surface area contributed by atoms with Crippen LogP contribution in [0.2, 0.25) is 0 Å². The third-order valence-electron chi connectivity index (χ3n) is 22.3. The van der Waals surface area contributed by atoms with Crippen LogP contribution in [0.25, 0.3) is 67.2 Å². The Hall–Kier alpha value is -13.7. The quantitative estimate of drug-likeness (QED) is 0.0289. The number of fused-ring (bicyclic) bond motifs is 6. The molecule has 10 aromatic rings. The van der Waals surface area contributed by atoms with E-state index >= 15 is 4.79 Å². The molecule has 3 aromatic heterocycles. The Morgan fingerprint density at radius 1 is 0.538 bits per heavy atom. The highest BCUT2D eigenvalue weighted by atomic mass is 32.2. The zero-order valence-corrected chi connectivity index (χ0v) is 68.3. The molecule has 7 heterocycles. The number of likely N-dealkylation sites (N-methyl/N-ethyl adjacent to an activating group) is 2. The molecule has 5 aliphatic rings. The number of anilines is 4. The van der Waals surface area contributed by atoms with Gasteiger partial charge in [0.05, 0.1) is 40.4 Å². The zero-order chi connectivity index (χ0) is 83.1. The molecule has 22 nitrogen and oxygen atoms in total. The molecule has 0 atom stereocenters. The lowest BCUT2D eigenvalue weighted by atomic mass is 9.82. The molecule has 590 valence electrons. The molecule has 0 spiro atoms. The van der Waals surface area contributed by atoms with E-state index in [2.05, 4.69) is 112 Å². The van der Waals surface area contributed by atoms with Gasteiger partial charge >= 0.3 is 23.6 Å². The summed E-state index contributed by atoms with van der Waals surface area (Å²) in [5, 5.41) is 51.5. The fourth-order valence-corrected chi connectivity index (χ4v) is 17.8. The van der Waals surface area contributed by atoms with Gasteiger partial charge in [-0.05, 0) is 161 Å².